The fraction of sp³-hybridized carbons (Fsp3) is 0.346. The number of amides is 2. The fourth-order valence-corrected chi connectivity index (χ4v) is 4.45. The van der Waals surface area contributed by atoms with Crippen molar-refractivity contribution >= 4 is 23.7 Å². The number of aryl methyl sites for hydroxylation is 3. The molecule has 4 rings (SSSR count). The molecule has 0 saturated heterocycles. The number of aromatic nitrogens is 4. The standard InChI is InChI=1S/C26H29N7O5/c1-14-22(24(36)33-20(25(37)38-3)13-29-23(35)19-12-27-9-10-28-19)15(2)31-26(30-14)32-17-8-7-16-5-4-6-21(34)18(16)11-17/h4-6,9-10,12,17,20,34H,7-8,11,13H2,1-3H3,(H,29,35)(H,33,36)(H,30,31,32). The Balaban J connectivity index is 1.43. The molecule has 38 heavy (non-hydrogen) atoms. The van der Waals surface area contributed by atoms with Crippen LogP contribution in [0.15, 0.2) is 36.8 Å². The largest absolute Gasteiger partial charge is 0.508 e. The number of nitrogens with one attached hydrogen (secondary N) is 3. The molecule has 2 heterocycles. The lowest BCUT2D eigenvalue weighted by atomic mass is 9.88. The van der Waals surface area contributed by atoms with Gasteiger partial charge in [0.25, 0.3) is 11.8 Å². The lowest BCUT2D eigenvalue weighted by Gasteiger charge is -2.26. The maximum absolute atomic E-state index is 13.1. The summed E-state index contributed by atoms with van der Waals surface area (Å²) in [5, 5.41) is 18.7. The van der Waals surface area contributed by atoms with E-state index in [2.05, 4.69) is 35.9 Å². The van der Waals surface area contributed by atoms with Gasteiger partial charge < -0.3 is 25.8 Å². The van der Waals surface area contributed by atoms with Gasteiger partial charge in [0.1, 0.15) is 17.5 Å². The smallest absolute Gasteiger partial charge is 0.330 e. The summed E-state index contributed by atoms with van der Waals surface area (Å²) < 4.78 is 4.79. The van der Waals surface area contributed by atoms with Gasteiger partial charge in [0, 0.05) is 25.0 Å². The predicted molar refractivity (Wildman–Crippen MR) is 137 cm³/mol. The van der Waals surface area contributed by atoms with Crippen molar-refractivity contribution in [2.24, 2.45) is 0 Å². The average molecular weight is 520 g/mol. The van der Waals surface area contributed by atoms with Crippen LogP contribution in [0.25, 0.3) is 0 Å². The van der Waals surface area contributed by atoms with Gasteiger partial charge in [-0.1, -0.05) is 12.1 Å². The molecule has 0 fully saturated rings. The normalized spacial score (nSPS) is 15.1. The first kappa shape index (κ1) is 26.5. The Bertz CT molecular complexity index is 1330. The molecule has 2 unspecified atom stereocenters. The number of aromatic hydroxyl groups is 1. The molecule has 2 aromatic heterocycles. The molecule has 12 heteroatoms. The SMILES string of the molecule is COC(=O)C(CNC(=O)c1cnccn1)NC(=O)c1c(C)nc(NC2CCc3cccc(O)c3C2)nc1C. The number of rotatable bonds is 8. The second-order valence-electron chi connectivity index (χ2n) is 8.94. The molecular weight excluding hydrogens is 490 g/mol. The molecule has 1 aliphatic carbocycles. The first-order valence-electron chi connectivity index (χ1n) is 12.1. The van der Waals surface area contributed by atoms with Crippen molar-refractivity contribution < 1.29 is 24.2 Å². The number of carbonyl (C=O) groups excluding carboxylic acids is 3. The predicted octanol–water partition coefficient (Wildman–Crippen LogP) is 1.26. The van der Waals surface area contributed by atoms with Crippen LogP contribution >= 0.6 is 0 Å². The molecule has 0 saturated carbocycles. The lowest BCUT2D eigenvalue weighted by Crippen LogP contribution is -2.49. The van der Waals surface area contributed by atoms with E-state index in [9.17, 15) is 19.5 Å². The molecule has 1 aromatic carbocycles. The molecule has 0 radical (unpaired) electrons. The Morgan fingerprint density at radius 3 is 2.58 bits per heavy atom. The van der Waals surface area contributed by atoms with Crippen LogP contribution < -0.4 is 16.0 Å². The first-order chi connectivity index (χ1) is 18.3. The fourth-order valence-electron chi connectivity index (χ4n) is 4.45. The Hall–Kier alpha value is -4.61. The van der Waals surface area contributed by atoms with Crippen LogP contribution in [0.3, 0.4) is 0 Å². The third-order valence-electron chi connectivity index (χ3n) is 6.35. The van der Waals surface area contributed by atoms with Crippen molar-refractivity contribution in [2.45, 2.75) is 45.2 Å². The van der Waals surface area contributed by atoms with Gasteiger partial charge in [-0.2, -0.15) is 0 Å². The molecule has 1 aliphatic rings. The molecule has 0 spiro atoms. The topological polar surface area (TPSA) is 168 Å². The minimum absolute atomic E-state index is 0.0240. The summed E-state index contributed by atoms with van der Waals surface area (Å²) in [6.07, 6.45) is 6.39. The number of carbonyl (C=O) groups is 3. The summed E-state index contributed by atoms with van der Waals surface area (Å²) in [5.74, 6) is -1.20. The highest BCUT2D eigenvalue weighted by atomic mass is 16.5. The van der Waals surface area contributed by atoms with Crippen LogP contribution in [-0.2, 0) is 22.4 Å². The van der Waals surface area contributed by atoms with Gasteiger partial charge in [0.05, 0.1) is 30.3 Å². The van der Waals surface area contributed by atoms with Crippen LogP contribution in [0.2, 0.25) is 0 Å². The van der Waals surface area contributed by atoms with Crippen molar-refractivity contribution in [1.29, 1.82) is 0 Å². The van der Waals surface area contributed by atoms with E-state index in [1.165, 1.54) is 25.7 Å². The molecule has 2 amide bonds. The molecule has 4 N–H and O–H groups in total. The van der Waals surface area contributed by atoms with Gasteiger partial charge in [0.15, 0.2) is 0 Å². The van der Waals surface area contributed by atoms with E-state index in [1.54, 1.807) is 19.9 Å². The number of anilines is 1. The number of phenolic OH excluding ortho intramolecular Hbond substituents is 1. The number of fused-ring (bicyclic) bond motifs is 1. The van der Waals surface area contributed by atoms with E-state index in [0.29, 0.717) is 23.8 Å². The van der Waals surface area contributed by atoms with Crippen LogP contribution in [0.1, 0.15) is 49.8 Å². The number of phenols is 1. The third kappa shape index (κ3) is 6.02. The molecular formula is C26H29N7O5. The highest BCUT2D eigenvalue weighted by molar-refractivity contribution is 5.99. The Morgan fingerprint density at radius 2 is 1.89 bits per heavy atom. The molecule has 0 aliphatic heterocycles. The molecule has 198 valence electrons. The maximum atomic E-state index is 13.1. The van der Waals surface area contributed by atoms with Gasteiger partial charge in [0.2, 0.25) is 5.95 Å². The zero-order valence-electron chi connectivity index (χ0n) is 21.3. The highest BCUT2D eigenvalue weighted by Gasteiger charge is 2.27. The third-order valence-corrected chi connectivity index (χ3v) is 6.35. The first-order valence-corrected chi connectivity index (χ1v) is 12.1. The van der Waals surface area contributed by atoms with E-state index in [0.717, 1.165) is 24.0 Å². The molecule has 12 nitrogen and oxygen atoms in total. The summed E-state index contributed by atoms with van der Waals surface area (Å²) in [7, 11) is 1.19. The van der Waals surface area contributed by atoms with E-state index in [1.807, 2.05) is 12.1 Å². The number of esters is 1. The summed E-state index contributed by atoms with van der Waals surface area (Å²) in [5.41, 5.74) is 3.18. The minimum Gasteiger partial charge on any atom is -0.508 e. The maximum Gasteiger partial charge on any atom is 0.330 e. The van der Waals surface area contributed by atoms with E-state index in [4.69, 9.17) is 4.74 Å². The quantitative estimate of drug-likeness (QED) is 0.318. The van der Waals surface area contributed by atoms with E-state index < -0.39 is 23.8 Å². The zero-order chi connectivity index (χ0) is 27.2. The van der Waals surface area contributed by atoms with Gasteiger partial charge >= 0.3 is 5.97 Å². The van der Waals surface area contributed by atoms with Gasteiger partial charge in [-0.15, -0.1) is 0 Å². The monoisotopic (exact) mass is 519 g/mol. The second kappa shape index (κ2) is 11.6. The molecule has 0 bridgehead atoms. The van der Waals surface area contributed by atoms with Crippen LogP contribution in [0.4, 0.5) is 5.95 Å². The average Bonchev–Trinajstić information content (AvgIpc) is 2.91. The van der Waals surface area contributed by atoms with Gasteiger partial charge in [-0.05, 0) is 50.3 Å². The number of benzene rings is 1. The Labute approximate surface area is 219 Å². The number of hydrogen-bond donors (Lipinski definition) is 4. The minimum atomic E-state index is -1.15. The highest BCUT2D eigenvalue weighted by Crippen LogP contribution is 2.29. The Kier molecular flexibility index (Phi) is 8.09. The molecule has 2 atom stereocenters. The van der Waals surface area contributed by atoms with Crippen molar-refractivity contribution in [3.05, 3.63) is 70.6 Å². The summed E-state index contributed by atoms with van der Waals surface area (Å²) in [6, 6.07) is 4.42. The van der Waals surface area contributed by atoms with Crippen LogP contribution in [0, 0.1) is 13.8 Å². The summed E-state index contributed by atoms with van der Waals surface area (Å²) >= 11 is 0. The summed E-state index contributed by atoms with van der Waals surface area (Å²) in [4.78, 5) is 54.4. The number of ether oxygens (including phenoxy) is 1. The van der Waals surface area contributed by atoms with E-state index >= 15 is 0 Å². The van der Waals surface area contributed by atoms with Crippen molar-refractivity contribution in [3.63, 3.8) is 0 Å². The van der Waals surface area contributed by atoms with Gasteiger partial charge in [-0.25, -0.2) is 19.7 Å². The van der Waals surface area contributed by atoms with Crippen LogP contribution in [-0.4, -0.2) is 68.6 Å². The van der Waals surface area contributed by atoms with Crippen molar-refractivity contribution in [3.8, 4) is 5.75 Å². The molecule has 3 aromatic rings. The Morgan fingerprint density at radius 1 is 1.13 bits per heavy atom. The van der Waals surface area contributed by atoms with Crippen molar-refractivity contribution in [2.75, 3.05) is 19.0 Å². The van der Waals surface area contributed by atoms with Crippen molar-refractivity contribution in [1.82, 2.24) is 30.6 Å². The number of nitrogens with zero attached hydrogens (tertiary/aromatic N) is 4. The number of methoxy groups -OCH3 is 1. The second-order valence-corrected chi connectivity index (χ2v) is 8.94. The van der Waals surface area contributed by atoms with E-state index in [-0.39, 0.29) is 29.6 Å². The van der Waals surface area contributed by atoms with Crippen LogP contribution in [0.5, 0.6) is 5.75 Å². The lowest BCUT2D eigenvalue weighted by molar-refractivity contribution is -0.142. The summed E-state index contributed by atoms with van der Waals surface area (Å²) in [6.45, 7) is 3.14. The number of hydrogen-bond acceptors (Lipinski definition) is 10. The van der Waals surface area contributed by atoms with Gasteiger partial charge in [-0.3, -0.25) is 14.6 Å². The zero-order valence-corrected chi connectivity index (χ0v) is 21.3.